The molecule has 0 aromatic carbocycles. The third-order valence-corrected chi connectivity index (χ3v) is 3.19. The van der Waals surface area contributed by atoms with E-state index in [2.05, 4.69) is 15.3 Å². The molecule has 2 aromatic rings. The summed E-state index contributed by atoms with van der Waals surface area (Å²) in [7, 11) is 0. The minimum atomic E-state index is -0.437. The molecule has 2 heterocycles. The van der Waals surface area contributed by atoms with Gasteiger partial charge in [0.1, 0.15) is 12.7 Å². The van der Waals surface area contributed by atoms with Gasteiger partial charge in [0.2, 0.25) is 0 Å². The first-order valence-corrected chi connectivity index (χ1v) is 6.76. The van der Waals surface area contributed by atoms with Crippen molar-refractivity contribution in [3.8, 4) is 0 Å². The lowest BCUT2D eigenvalue weighted by Gasteiger charge is -2.02. The van der Waals surface area contributed by atoms with Crippen LogP contribution in [0.2, 0.25) is 0 Å². The van der Waals surface area contributed by atoms with Gasteiger partial charge in [-0.1, -0.05) is 5.21 Å². The van der Waals surface area contributed by atoms with Crippen LogP contribution in [0.4, 0.5) is 5.82 Å². The lowest BCUT2D eigenvalue weighted by molar-refractivity contribution is -0.392. The smallest absolute Gasteiger partial charge is 0.342 e. The van der Waals surface area contributed by atoms with E-state index in [0.717, 1.165) is 18.5 Å². The van der Waals surface area contributed by atoms with E-state index < -0.39 is 4.92 Å². The summed E-state index contributed by atoms with van der Waals surface area (Å²) in [6.45, 7) is 2.67. The Morgan fingerprint density at radius 3 is 2.95 bits per heavy atom. The average molecular weight is 299 g/mol. The van der Waals surface area contributed by atoms with Gasteiger partial charge in [-0.2, -0.15) is 0 Å². The number of hydrogen-bond donors (Lipinski definition) is 0. The quantitative estimate of drug-likeness (QED) is 0.439. The minimum Gasteiger partial charge on any atom is -0.358 e. The Labute approximate surface area is 120 Å². The molecule has 0 N–H and O–H groups in total. The Kier molecular flexibility index (Phi) is 4.67. The summed E-state index contributed by atoms with van der Waals surface area (Å²) in [5.41, 5.74) is 0.877. The SMILES string of the molecule is Cc1ncc([N+](=O)[O-])n1CCn1cc(CCCCl)nn1. The molecule has 9 heteroatoms. The molecule has 0 spiro atoms. The fourth-order valence-corrected chi connectivity index (χ4v) is 2.02. The van der Waals surface area contributed by atoms with Gasteiger partial charge in [0.25, 0.3) is 0 Å². The van der Waals surface area contributed by atoms with Crippen LogP contribution in [0.1, 0.15) is 17.9 Å². The monoisotopic (exact) mass is 298 g/mol. The third kappa shape index (κ3) is 3.32. The van der Waals surface area contributed by atoms with E-state index in [1.807, 2.05) is 6.20 Å². The highest BCUT2D eigenvalue weighted by molar-refractivity contribution is 6.17. The zero-order chi connectivity index (χ0) is 14.5. The molecule has 0 unspecified atom stereocenters. The Bertz CT molecular complexity index is 594. The number of aromatic nitrogens is 5. The molecule has 0 aliphatic rings. The van der Waals surface area contributed by atoms with E-state index in [1.54, 1.807) is 16.2 Å². The van der Waals surface area contributed by atoms with Gasteiger partial charge < -0.3 is 10.1 Å². The predicted octanol–water partition coefficient (Wildman–Crippen LogP) is 1.56. The first kappa shape index (κ1) is 14.4. The topological polar surface area (TPSA) is 91.7 Å². The summed E-state index contributed by atoms with van der Waals surface area (Å²) in [5.74, 6) is 1.19. The number of halogens is 1. The number of nitro groups is 1. The number of aryl methyl sites for hydroxylation is 3. The second-order valence-electron chi connectivity index (χ2n) is 4.34. The highest BCUT2D eigenvalue weighted by Gasteiger charge is 2.17. The fourth-order valence-electron chi connectivity index (χ4n) is 1.89. The zero-order valence-electron chi connectivity index (χ0n) is 11.1. The van der Waals surface area contributed by atoms with Crippen LogP contribution in [-0.2, 0) is 19.5 Å². The van der Waals surface area contributed by atoms with Crippen molar-refractivity contribution >= 4 is 17.4 Å². The van der Waals surface area contributed by atoms with Crippen molar-refractivity contribution in [2.24, 2.45) is 0 Å². The average Bonchev–Trinajstić information content (AvgIpc) is 3.00. The summed E-state index contributed by atoms with van der Waals surface area (Å²) in [6.07, 6.45) is 4.74. The molecule has 0 fully saturated rings. The Morgan fingerprint density at radius 2 is 2.25 bits per heavy atom. The number of imidazole rings is 1. The van der Waals surface area contributed by atoms with Crippen LogP contribution < -0.4 is 0 Å². The van der Waals surface area contributed by atoms with Crippen molar-refractivity contribution in [2.45, 2.75) is 32.9 Å². The van der Waals surface area contributed by atoms with Crippen molar-refractivity contribution in [3.05, 3.63) is 34.0 Å². The van der Waals surface area contributed by atoms with Crippen LogP contribution in [0.15, 0.2) is 12.4 Å². The van der Waals surface area contributed by atoms with Crippen LogP contribution in [0, 0.1) is 17.0 Å². The fraction of sp³-hybridized carbons (Fsp3) is 0.545. The molecule has 0 bridgehead atoms. The van der Waals surface area contributed by atoms with Crippen molar-refractivity contribution in [1.29, 1.82) is 0 Å². The lowest BCUT2D eigenvalue weighted by atomic mass is 10.3. The first-order chi connectivity index (χ1) is 9.61. The first-order valence-electron chi connectivity index (χ1n) is 6.23. The maximum absolute atomic E-state index is 10.9. The summed E-state index contributed by atoms with van der Waals surface area (Å²) >= 11 is 5.62. The van der Waals surface area contributed by atoms with Crippen molar-refractivity contribution in [2.75, 3.05) is 5.88 Å². The molecule has 0 radical (unpaired) electrons. The van der Waals surface area contributed by atoms with Crippen LogP contribution >= 0.6 is 11.6 Å². The predicted molar refractivity (Wildman–Crippen MR) is 72.7 cm³/mol. The Hall–Kier alpha value is -1.96. The maximum Gasteiger partial charge on any atom is 0.342 e. The van der Waals surface area contributed by atoms with Gasteiger partial charge >= 0.3 is 5.82 Å². The molecule has 2 aromatic heterocycles. The van der Waals surface area contributed by atoms with Crippen LogP contribution in [-0.4, -0.2) is 35.3 Å². The molecular weight excluding hydrogens is 284 g/mol. The van der Waals surface area contributed by atoms with Gasteiger partial charge in [-0.3, -0.25) is 0 Å². The van der Waals surface area contributed by atoms with E-state index in [4.69, 9.17) is 11.6 Å². The molecule has 2 rings (SSSR count). The number of rotatable bonds is 7. The van der Waals surface area contributed by atoms with E-state index in [1.165, 1.54) is 6.20 Å². The molecule has 0 atom stereocenters. The largest absolute Gasteiger partial charge is 0.358 e. The van der Waals surface area contributed by atoms with Crippen LogP contribution in [0.3, 0.4) is 0 Å². The van der Waals surface area contributed by atoms with Crippen molar-refractivity contribution < 1.29 is 4.92 Å². The second kappa shape index (κ2) is 6.47. The molecule has 0 saturated carbocycles. The van der Waals surface area contributed by atoms with Crippen LogP contribution in [0.25, 0.3) is 0 Å². The highest BCUT2D eigenvalue weighted by Crippen LogP contribution is 2.13. The van der Waals surface area contributed by atoms with E-state index in [0.29, 0.717) is 24.8 Å². The maximum atomic E-state index is 10.9. The van der Waals surface area contributed by atoms with Gasteiger partial charge in [-0.05, 0) is 17.8 Å². The molecule has 0 saturated heterocycles. The van der Waals surface area contributed by atoms with Crippen molar-refractivity contribution in [1.82, 2.24) is 24.5 Å². The molecule has 0 amide bonds. The minimum absolute atomic E-state index is 0.00928. The van der Waals surface area contributed by atoms with Gasteiger partial charge in [-0.25, -0.2) is 14.2 Å². The number of nitrogens with zero attached hydrogens (tertiary/aromatic N) is 6. The zero-order valence-corrected chi connectivity index (χ0v) is 11.8. The normalized spacial score (nSPS) is 10.9. The Morgan fingerprint density at radius 1 is 1.45 bits per heavy atom. The molecule has 0 aliphatic heterocycles. The van der Waals surface area contributed by atoms with Crippen molar-refractivity contribution in [3.63, 3.8) is 0 Å². The van der Waals surface area contributed by atoms with Crippen LogP contribution in [0.5, 0.6) is 0 Å². The van der Waals surface area contributed by atoms with Gasteiger partial charge in [0.15, 0.2) is 5.82 Å². The highest BCUT2D eigenvalue weighted by atomic mass is 35.5. The number of hydrogen-bond acceptors (Lipinski definition) is 5. The van der Waals surface area contributed by atoms with E-state index in [-0.39, 0.29) is 5.82 Å². The van der Waals surface area contributed by atoms with E-state index in [9.17, 15) is 10.1 Å². The number of alkyl halides is 1. The summed E-state index contributed by atoms with van der Waals surface area (Å²) in [4.78, 5) is 14.4. The van der Waals surface area contributed by atoms with Gasteiger partial charge in [0.05, 0.1) is 12.2 Å². The van der Waals surface area contributed by atoms with Gasteiger partial charge in [-0.15, -0.1) is 16.7 Å². The summed E-state index contributed by atoms with van der Waals surface area (Å²) in [6, 6.07) is 0. The van der Waals surface area contributed by atoms with Gasteiger partial charge in [0, 0.05) is 19.0 Å². The lowest BCUT2D eigenvalue weighted by Crippen LogP contribution is -2.11. The Balaban J connectivity index is 2.00. The molecule has 20 heavy (non-hydrogen) atoms. The second-order valence-corrected chi connectivity index (χ2v) is 4.72. The molecule has 0 aliphatic carbocycles. The standard InChI is InChI=1S/C11H15ClN6O2/c1-9-13-7-11(18(19)20)17(9)6-5-16-8-10(14-15-16)3-2-4-12/h7-8H,2-6H2,1H3. The van der Waals surface area contributed by atoms with E-state index >= 15 is 0 Å². The summed E-state index contributed by atoms with van der Waals surface area (Å²) < 4.78 is 3.23. The molecular formula is C11H15ClN6O2. The molecule has 108 valence electrons. The molecule has 8 nitrogen and oxygen atoms in total. The third-order valence-electron chi connectivity index (χ3n) is 2.93. The summed E-state index contributed by atoms with van der Waals surface area (Å²) in [5, 5.41) is 18.9.